The van der Waals surface area contributed by atoms with Crippen molar-refractivity contribution in [1.82, 2.24) is 0 Å². The van der Waals surface area contributed by atoms with E-state index in [1.165, 1.54) is 7.11 Å². The lowest BCUT2D eigenvalue weighted by Gasteiger charge is -2.13. The third-order valence-electron chi connectivity index (χ3n) is 2.76. The van der Waals surface area contributed by atoms with Crippen molar-refractivity contribution in [1.29, 1.82) is 0 Å². The molecule has 17 heavy (non-hydrogen) atoms. The number of methoxy groups -OCH3 is 2. The van der Waals surface area contributed by atoms with Crippen molar-refractivity contribution < 1.29 is 14.3 Å². The highest BCUT2D eigenvalue weighted by Crippen LogP contribution is 2.20. The fraction of sp³-hybridized carbons (Fsp3) is 0.462. The molecule has 0 amide bonds. The van der Waals surface area contributed by atoms with Crippen LogP contribution < -0.4 is 10.5 Å². The van der Waals surface area contributed by atoms with Gasteiger partial charge in [0.2, 0.25) is 0 Å². The van der Waals surface area contributed by atoms with Gasteiger partial charge in [0, 0.05) is 6.54 Å². The van der Waals surface area contributed by atoms with Crippen LogP contribution in [0.2, 0.25) is 0 Å². The molecule has 4 nitrogen and oxygen atoms in total. The number of esters is 1. The minimum atomic E-state index is -0.284. The van der Waals surface area contributed by atoms with E-state index in [1.807, 2.05) is 25.1 Å². The number of rotatable bonds is 5. The molecule has 94 valence electrons. The number of carbonyl (C=O) groups is 1. The van der Waals surface area contributed by atoms with E-state index >= 15 is 0 Å². The van der Waals surface area contributed by atoms with Crippen molar-refractivity contribution in [2.45, 2.75) is 13.3 Å². The molecule has 1 aromatic carbocycles. The topological polar surface area (TPSA) is 61.5 Å². The van der Waals surface area contributed by atoms with Gasteiger partial charge in [0.05, 0.1) is 20.1 Å². The Labute approximate surface area is 102 Å². The second kappa shape index (κ2) is 6.25. The molecule has 1 rings (SSSR count). The van der Waals surface area contributed by atoms with Gasteiger partial charge < -0.3 is 15.2 Å². The second-order valence-electron chi connectivity index (χ2n) is 3.96. The molecule has 2 N–H and O–H groups in total. The Morgan fingerprint density at radius 3 is 2.59 bits per heavy atom. The van der Waals surface area contributed by atoms with Gasteiger partial charge in [-0.25, -0.2) is 0 Å². The first-order valence-corrected chi connectivity index (χ1v) is 5.53. The normalized spacial score (nSPS) is 12.0. The minimum absolute atomic E-state index is 0.263. The summed E-state index contributed by atoms with van der Waals surface area (Å²) in [6.07, 6.45) is 0.591. The summed E-state index contributed by atoms with van der Waals surface area (Å²) in [5.74, 6) is 0.296. The minimum Gasteiger partial charge on any atom is -0.496 e. The first-order chi connectivity index (χ1) is 8.12. The maximum atomic E-state index is 11.4. The van der Waals surface area contributed by atoms with E-state index < -0.39 is 0 Å². The van der Waals surface area contributed by atoms with Gasteiger partial charge in [-0.15, -0.1) is 0 Å². The van der Waals surface area contributed by atoms with Gasteiger partial charge in [-0.05, 0) is 30.5 Å². The molecule has 1 atom stereocenters. The molecule has 0 saturated heterocycles. The van der Waals surface area contributed by atoms with E-state index in [9.17, 15) is 4.79 Å². The molecule has 0 radical (unpaired) electrons. The predicted molar refractivity (Wildman–Crippen MR) is 66.0 cm³/mol. The number of ether oxygens (including phenoxy) is 2. The fourth-order valence-corrected chi connectivity index (χ4v) is 1.78. The summed E-state index contributed by atoms with van der Waals surface area (Å²) < 4.78 is 9.89. The molecular weight excluding hydrogens is 218 g/mol. The zero-order chi connectivity index (χ0) is 12.8. The smallest absolute Gasteiger partial charge is 0.310 e. The summed E-state index contributed by atoms with van der Waals surface area (Å²) in [7, 11) is 3.02. The molecule has 0 aliphatic carbocycles. The first kappa shape index (κ1) is 13.5. The number of benzene rings is 1. The van der Waals surface area contributed by atoms with Crippen molar-refractivity contribution in [3.05, 3.63) is 29.3 Å². The van der Waals surface area contributed by atoms with Crippen molar-refractivity contribution in [2.24, 2.45) is 11.7 Å². The first-order valence-electron chi connectivity index (χ1n) is 5.53. The maximum absolute atomic E-state index is 11.4. The van der Waals surface area contributed by atoms with Crippen LogP contribution in [-0.2, 0) is 16.0 Å². The average molecular weight is 237 g/mol. The van der Waals surface area contributed by atoms with Crippen LogP contribution >= 0.6 is 0 Å². The Bertz CT molecular complexity index is 390. The van der Waals surface area contributed by atoms with E-state index in [-0.39, 0.29) is 18.4 Å². The van der Waals surface area contributed by atoms with Gasteiger partial charge in [-0.2, -0.15) is 0 Å². The summed E-state index contributed by atoms with van der Waals surface area (Å²) in [4.78, 5) is 11.4. The summed E-state index contributed by atoms with van der Waals surface area (Å²) in [5, 5.41) is 0. The Hall–Kier alpha value is -1.55. The Kier molecular flexibility index (Phi) is 4.97. The quantitative estimate of drug-likeness (QED) is 0.784. The third-order valence-corrected chi connectivity index (χ3v) is 2.76. The van der Waals surface area contributed by atoms with E-state index in [2.05, 4.69) is 0 Å². The monoisotopic (exact) mass is 237 g/mol. The van der Waals surface area contributed by atoms with E-state index in [1.54, 1.807) is 7.11 Å². The van der Waals surface area contributed by atoms with Crippen LogP contribution in [0.4, 0.5) is 0 Å². The van der Waals surface area contributed by atoms with Crippen LogP contribution in [0.1, 0.15) is 11.1 Å². The molecule has 0 aliphatic heterocycles. The van der Waals surface area contributed by atoms with Gasteiger partial charge in [0.1, 0.15) is 5.75 Å². The maximum Gasteiger partial charge on any atom is 0.310 e. The molecule has 0 saturated carbocycles. The highest BCUT2D eigenvalue weighted by Gasteiger charge is 2.18. The standard InChI is InChI=1S/C13H19NO3/c1-9-6-10(4-5-12(9)16-2)7-11(8-14)13(15)17-3/h4-6,11H,7-8,14H2,1-3H3. The molecule has 4 heteroatoms. The number of hydrogen-bond acceptors (Lipinski definition) is 4. The summed E-state index contributed by atoms with van der Waals surface area (Å²) in [6, 6.07) is 5.84. The highest BCUT2D eigenvalue weighted by molar-refractivity contribution is 5.73. The van der Waals surface area contributed by atoms with Crippen molar-refractivity contribution in [3.8, 4) is 5.75 Å². The van der Waals surface area contributed by atoms with Gasteiger partial charge in [-0.1, -0.05) is 12.1 Å². The fourth-order valence-electron chi connectivity index (χ4n) is 1.78. The van der Waals surface area contributed by atoms with Crippen LogP contribution in [-0.4, -0.2) is 26.7 Å². The van der Waals surface area contributed by atoms with Crippen LogP contribution in [0.25, 0.3) is 0 Å². The zero-order valence-corrected chi connectivity index (χ0v) is 10.5. The van der Waals surface area contributed by atoms with E-state index in [0.717, 1.165) is 16.9 Å². The van der Waals surface area contributed by atoms with Crippen LogP contribution in [0.3, 0.4) is 0 Å². The highest BCUT2D eigenvalue weighted by atomic mass is 16.5. The van der Waals surface area contributed by atoms with Crippen LogP contribution in [0.5, 0.6) is 5.75 Å². The molecule has 0 aromatic heterocycles. The molecule has 0 aliphatic rings. The summed E-state index contributed by atoms with van der Waals surface area (Å²) in [6.45, 7) is 2.26. The Morgan fingerprint density at radius 1 is 1.41 bits per heavy atom. The lowest BCUT2D eigenvalue weighted by Crippen LogP contribution is -2.26. The predicted octanol–water partition coefficient (Wildman–Crippen LogP) is 1.29. The average Bonchev–Trinajstić information content (AvgIpc) is 2.35. The zero-order valence-electron chi connectivity index (χ0n) is 10.5. The van der Waals surface area contributed by atoms with E-state index in [4.69, 9.17) is 15.2 Å². The largest absolute Gasteiger partial charge is 0.496 e. The Morgan fingerprint density at radius 2 is 2.12 bits per heavy atom. The van der Waals surface area contributed by atoms with Gasteiger partial charge in [0.25, 0.3) is 0 Å². The van der Waals surface area contributed by atoms with Gasteiger partial charge >= 0.3 is 5.97 Å². The number of carbonyl (C=O) groups excluding carboxylic acids is 1. The molecular formula is C13H19NO3. The number of aryl methyl sites for hydroxylation is 1. The SMILES string of the molecule is COC(=O)C(CN)Cc1ccc(OC)c(C)c1. The van der Waals surface area contributed by atoms with Crippen molar-refractivity contribution in [3.63, 3.8) is 0 Å². The molecule has 1 unspecified atom stereocenters. The van der Waals surface area contributed by atoms with E-state index in [0.29, 0.717) is 6.42 Å². The number of nitrogens with two attached hydrogens (primary N) is 1. The van der Waals surface area contributed by atoms with Crippen molar-refractivity contribution >= 4 is 5.97 Å². The molecule has 0 fully saturated rings. The Balaban J connectivity index is 2.80. The molecule has 0 heterocycles. The van der Waals surface area contributed by atoms with Crippen LogP contribution in [0.15, 0.2) is 18.2 Å². The van der Waals surface area contributed by atoms with Gasteiger partial charge in [-0.3, -0.25) is 4.79 Å². The van der Waals surface area contributed by atoms with Gasteiger partial charge in [0.15, 0.2) is 0 Å². The molecule has 1 aromatic rings. The third kappa shape index (κ3) is 3.46. The molecule has 0 bridgehead atoms. The summed E-state index contributed by atoms with van der Waals surface area (Å²) >= 11 is 0. The lowest BCUT2D eigenvalue weighted by atomic mass is 9.98. The lowest BCUT2D eigenvalue weighted by molar-refractivity contribution is -0.145. The van der Waals surface area contributed by atoms with Crippen molar-refractivity contribution in [2.75, 3.05) is 20.8 Å². The molecule has 0 spiro atoms. The number of hydrogen-bond donors (Lipinski definition) is 1. The second-order valence-corrected chi connectivity index (χ2v) is 3.96. The van der Waals surface area contributed by atoms with Crippen LogP contribution in [0, 0.1) is 12.8 Å². The summed E-state index contributed by atoms with van der Waals surface area (Å²) in [5.41, 5.74) is 7.67.